The van der Waals surface area contributed by atoms with Gasteiger partial charge in [-0.1, -0.05) is 41.9 Å². The molecule has 2 rings (SSSR count). The molecule has 0 saturated heterocycles. The SMILES string of the molecule is O=c1cc(I)c(Cl)cn1Cc1ccccc1. The Morgan fingerprint density at radius 2 is 1.94 bits per heavy atom. The molecule has 1 aromatic heterocycles. The van der Waals surface area contributed by atoms with Crippen LogP contribution in [0.15, 0.2) is 47.4 Å². The van der Waals surface area contributed by atoms with Crippen LogP contribution in [0.1, 0.15) is 5.56 Å². The van der Waals surface area contributed by atoms with Crippen molar-refractivity contribution in [3.8, 4) is 0 Å². The van der Waals surface area contributed by atoms with Crippen molar-refractivity contribution in [2.45, 2.75) is 6.54 Å². The van der Waals surface area contributed by atoms with Gasteiger partial charge >= 0.3 is 0 Å². The van der Waals surface area contributed by atoms with Gasteiger partial charge in [0, 0.05) is 15.8 Å². The summed E-state index contributed by atoms with van der Waals surface area (Å²) < 4.78 is 2.40. The molecule has 1 aromatic carbocycles. The summed E-state index contributed by atoms with van der Waals surface area (Å²) in [7, 11) is 0. The predicted molar refractivity (Wildman–Crippen MR) is 74.0 cm³/mol. The topological polar surface area (TPSA) is 22.0 Å². The van der Waals surface area contributed by atoms with Crippen molar-refractivity contribution < 1.29 is 0 Å². The van der Waals surface area contributed by atoms with E-state index in [2.05, 4.69) is 22.6 Å². The van der Waals surface area contributed by atoms with Crippen LogP contribution in [0, 0.1) is 3.57 Å². The molecule has 2 nitrogen and oxygen atoms in total. The lowest BCUT2D eigenvalue weighted by Gasteiger charge is -2.06. The minimum atomic E-state index is -0.0300. The van der Waals surface area contributed by atoms with Crippen molar-refractivity contribution in [2.75, 3.05) is 0 Å². The van der Waals surface area contributed by atoms with Gasteiger partial charge in [-0.05, 0) is 28.2 Å². The number of hydrogen-bond acceptors (Lipinski definition) is 1. The number of rotatable bonds is 2. The summed E-state index contributed by atoms with van der Waals surface area (Å²) in [5.41, 5.74) is 1.06. The molecule has 0 aliphatic heterocycles. The third-order valence-electron chi connectivity index (χ3n) is 2.23. The van der Waals surface area contributed by atoms with E-state index in [1.165, 1.54) is 0 Å². The van der Waals surface area contributed by atoms with E-state index >= 15 is 0 Å². The Morgan fingerprint density at radius 3 is 2.62 bits per heavy atom. The van der Waals surface area contributed by atoms with Gasteiger partial charge < -0.3 is 4.57 Å². The highest BCUT2D eigenvalue weighted by atomic mass is 127. The predicted octanol–water partition coefficient (Wildman–Crippen LogP) is 3.15. The number of benzene rings is 1. The van der Waals surface area contributed by atoms with Crippen LogP contribution in [-0.2, 0) is 6.54 Å². The Balaban J connectivity index is 2.36. The molecule has 0 unspecified atom stereocenters. The standard InChI is InChI=1S/C12H9ClINO/c13-10-8-15(12(16)6-11(10)14)7-9-4-2-1-3-5-9/h1-6,8H,7H2. The van der Waals surface area contributed by atoms with Crippen LogP contribution >= 0.6 is 34.2 Å². The quantitative estimate of drug-likeness (QED) is 0.767. The zero-order chi connectivity index (χ0) is 11.5. The molecular formula is C12H9ClINO. The lowest BCUT2D eigenvalue weighted by Crippen LogP contribution is -2.19. The molecule has 0 N–H and O–H groups in total. The summed E-state index contributed by atoms with van der Waals surface area (Å²) >= 11 is 8.04. The maximum Gasteiger partial charge on any atom is 0.251 e. The lowest BCUT2D eigenvalue weighted by molar-refractivity contribution is 0.758. The van der Waals surface area contributed by atoms with Crippen LogP contribution in [-0.4, -0.2) is 4.57 Å². The molecule has 0 bridgehead atoms. The average Bonchev–Trinajstić information content (AvgIpc) is 2.27. The van der Waals surface area contributed by atoms with Gasteiger partial charge in [0.15, 0.2) is 0 Å². The third-order valence-corrected chi connectivity index (χ3v) is 3.74. The highest BCUT2D eigenvalue weighted by Crippen LogP contribution is 2.15. The normalized spacial score (nSPS) is 10.4. The first-order valence-corrected chi connectivity index (χ1v) is 6.22. The number of nitrogens with zero attached hydrogens (tertiary/aromatic N) is 1. The molecule has 0 atom stereocenters. The van der Waals surface area contributed by atoms with E-state index in [9.17, 15) is 4.79 Å². The first kappa shape index (κ1) is 11.7. The smallest absolute Gasteiger partial charge is 0.251 e. The Labute approximate surface area is 112 Å². The van der Waals surface area contributed by atoms with Crippen LogP contribution in [0.25, 0.3) is 0 Å². The van der Waals surface area contributed by atoms with Crippen molar-refractivity contribution in [3.63, 3.8) is 0 Å². The zero-order valence-corrected chi connectivity index (χ0v) is 11.3. The molecule has 2 aromatic rings. The van der Waals surface area contributed by atoms with E-state index in [1.807, 2.05) is 30.3 Å². The fraction of sp³-hybridized carbons (Fsp3) is 0.0833. The summed E-state index contributed by atoms with van der Waals surface area (Å²) in [4.78, 5) is 11.7. The number of aromatic nitrogens is 1. The fourth-order valence-corrected chi connectivity index (χ4v) is 2.00. The maximum atomic E-state index is 11.7. The Hall–Kier alpha value is -0.810. The molecule has 0 radical (unpaired) electrons. The van der Waals surface area contributed by atoms with Crippen molar-refractivity contribution in [2.24, 2.45) is 0 Å². The minimum Gasteiger partial charge on any atom is -0.310 e. The lowest BCUT2D eigenvalue weighted by atomic mass is 10.2. The minimum absolute atomic E-state index is 0.0300. The van der Waals surface area contributed by atoms with Gasteiger partial charge in [0.05, 0.1) is 11.6 Å². The molecule has 0 fully saturated rings. The number of hydrogen-bond donors (Lipinski definition) is 0. The van der Waals surface area contributed by atoms with Crippen molar-refractivity contribution >= 4 is 34.2 Å². The van der Waals surface area contributed by atoms with E-state index in [0.717, 1.165) is 9.13 Å². The fourth-order valence-electron chi connectivity index (χ4n) is 1.43. The summed E-state index contributed by atoms with van der Waals surface area (Å²) in [5, 5.41) is 0.608. The molecule has 16 heavy (non-hydrogen) atoms. The van der Waals surface area contributed by atoms with Gasteiger partial charge in [0.1, 0.15) is 0 Å². The van der Waals surface area contributed by atoms with E-state index < -0.39 is 0 Å². The second kappa shape index (κ2) is 5.01. The van der Waals surface area contributed by atoms with E-state index in [-0.39, 0.29) is 5.56 Å². The monoisotopic (exact) mass is 345 g/mol. The highest BCUT2D eigenvalue weighted by Gasteiger charge is 2.02. The number of pyridine rings is 1. The summed E-state index contributed by atoms with van der Waals surface area (Å²) in [6, 6.07) is 11.4. The largest absolute Gasteiger partial charge is 0.310 e. The highest BCUT2D eigenvalue weighted by molar-refractivity contribution is 14.1. The van der Waals surface area contributed by atoms with E-state index in [1.54, 1.807) is 16.8 Å². The molecular weight excluding hydrogens is 336 g/mol. The molecule has 0 aliphatic rings. The number of halogens is 2. The van der Waals surface area contributed by atoms with Crippen LogP contribution in [0.5, 0.6) is 0 Å². The second-order valence-electron chi connectivity index (χ2n) is 3.42. The molecule has 1 heterocycles. The van der Waals surface area contributed by atoms with E-state index in [4.69, 9.17) is 11.6 Å². The molecule has 0 amide bonds. The molecule has 82 valence electrons. The first-order chi connectivity index (χ1) is 7.66. The van der Waals surface area contributed by atoms with E-state index in [0.29, 0.717) is 11.6 Å². The van der Waals surface area contributed by atoms with Crippen molar-refractivity contribution in [1.82, 2.24) is 4.57 Å². The van der Waals surface area contributed by atoms with Crippen LogP contribution in [0.3, 0.4) is 0 Å². The van der Waals surface area contributed by atoms with Gasteiger partial charge in [-0.2, -0.15) is 0 Å². The summed E-state index contributed by atoms with van der Waals surface area (Å²) in [6.45, 7) is 0.552. The van der Waals surface area contributed by atoms with Gasteiger partial charge in [0.25, 0.3) is 5.56 Å². The Bertz CT molecular complexity index is 551. The van der Waals surface area contributed by atoms with Gasteiger partial charge in [0.2, 0.25) is 0 Å². The molecule has 0 aliphatic carbocycles. The van der Waals surface area contributed by atoms with Gasteiger partial charge in [-0.15, -0.1) is 0 Å². The van der Waals surface area contributed by atoms with Crippen LogP contribution < -0.4 is 5.56 Å². The molecule has 0 saturated carbocycles. The summed E-state index contributed by atoms with van der Waals surface area (Å²) in [5.74, 6) is 0. The van der Waals surface area contributed by atoms with Crippen molar-refractivity contribution in [3.05, 3.63) is 67.1 Å². The molecule has 0 spiro atoms. The van der Waals surface area contributed by atoms with Gasteiger partial charge in [-0.3, -0.25) is 4.79 Å². The average molecular weight is 346 g/mol. The molecule has 4 heteroatoms. The summed E-state index contributed by atoms with van der Waals surface area (Å²) in [6.07, 6.45) is 1.68. The Kier molecular flexibility index (Phi) is 3.66. The first-order valence-electron chi connectivity index (χ1n) is 4.76. The van der Waals surface area contributed by atoms with Crippen LogP contribution in [0.4, 0.5) is 0 Å². The van der Waals surface area contributed by atoms with Crippen LogP contribution in [0.2, 0.25) is 5.02 Å². The Morgan fingerprint density at radius 1 is 1.25 bits per heavy atom. The van der Waals surface area contributed by atoms with Crippen molar-refractivity contribution in [1.29, 1.82) is 0 Å². The second-order valence-corrected chi connectivity index (χ2v) is 4.99. The third kappa shape index (κ3) is 2.65. The maximum absolute atomic E-state index is 11.7. The van der Waals surface area contributed by atoms with Gasteiger partial charge in [-0.25, -0.2) is 0 Å². The zero-order valence-electron chi connectivity index (χ0n) is 8.36.